The number of nitrogens with zero attached hydrogens (tertiary/aromatic N) is 2. The molecule has 1 unspecified atom stereocenters. The van der Waals surface area contributed by atoms with Crippen LogP contribution in [0.25, 0.3) is 0 Å². The summed E-state index contributed by atoms with van der Waals surface area (Å²) in [6.07, 6.45) is 11.0. The number of aliphatic imine (C=N–C) groups is 1. The third-order valence-corrected chi connectivity index (χ3v) is 4.84. The molecular weight excluding hydrogens is 316 g/mol. The average Bonchev–Trinajstić information content (AvgIpc) is 2.65. The Labute approximate surface area is 158 Å². The quantitative estimate of drug-likeness (QED) is 0.433. The fraction of sp³-hybridized carbons (Fsp3) is 0.333. The van der Waals surface area contributed by atoms with Crippen LogP contribution in [0.2, 0.25) is 0 Å². The van der Waals surface area contributed by atoms with Gasteiger partial charge in [-0.1, -0.05) is 62.9 Å². The Kier molecular flexibility index (Phi) is 7.36. The van der Waals surface area contributed by atoms with Gasteiger partial charge >= 0.3 is 0 Å². The van der Waals surface area contributed by atoms with Crippen molar-refractivity contribution in [3.8, 4) is 6.07 Å². The van der Waals surface area contributed by atoms with Crippen LogP contribution in [0.5, 0.6) is 0 Å². The Morgan fingerprint density at radius 3 is 2.58 bits per heavy atom. The molecule has 2 heteroatoms. The van der Waals surface area contributed by atoms with E-state index in [1.54, 1.807) is 6.08 Å². The first-order valence-electron chi connectivity index (χ1n) is 9.29. The lowest BCUT2D eigenvalue weighted by Gasteiger charge is -2.22. The van der Waals surface area contributed by atoms with Gasteiger partial charge in [-0.3, -0.25) is 4.99 Å². The SMILES string of the molecule is C=C/C=C\C=C(\C#N)Cc1ccc(CC2=C(CC)N=C(C)C(C)C2)cc1. The fourth-order valence-corrected chi connectivity index (χ4v) is 3.17. The second-order valence-corrected chi connectivity index (χ2v) is 6.86. The summed E-state index contributed by atoms with van der Waals surface area (Å²) in [5, 5.41) is 9.26. The minimum absolute atomic E-state index is 0.534. The number of benzene rings is 1. The van der Waals surface area contributed by atoms with Gasteiger partial charge < -0.3 is 0 Å². The summed E-state index contributed by atoms with van der Waals surface area (Å²) in [5.41, 5.74) is 7.19. The van der Waals surface area contributed by atoms with Crippen molar-refractivity contribution in [2.24, 2.45) is 10.9 Å². The van der Waals surface area contributed by atoms with E-state index in [4.69, 9.17) is 4.99 Å². The first-order chi connectivity index (χ1) is 12.6. The molecule has 2 nitrogen and oxygen atoms in total. The Morgan fingerprint density at radius 2 is 1.96 bits per heavy atom. The van der Waals surface area contributed by atoms with E-state index in [1.165, 1.54) is 22.5 Å². The van der Waals surface area contributed by atoms with Crippen molar-refractivity contribution in [3.05, 3.63) is 83.1 Å². The van der Waals surface area contributed by atoms with E-state index < -0.39 is 0 Å². The van der Waals surface area contributed by atoms with Gasteiger partial charge in [0.1, 0.15) is 0 Å². The molecule has 1 aliphatic heterocycles. The predicted octanol–water partition coefficient (Wildman–Crippen LogP) is 6.13. The summed E-state index contributed by atoms with van der Waals surface area (Å²) in [6.45, 7) is 10.2. The Hall–Kier alpha value is -2.66. The molecule has 2 rings (SSSR count). The van der Waals surface area contributed by atoms with Crippen LogP contribution < -0.4 is 0 Å². The predicted molar refractivity (Wildman–Crippen MR) is 111 cm³/mol. The number of allylic oxidation sites excluding steroid dienone is 7. The van der Waals surface area contributed by atoms with Crippen LogP contribution in [0.3, 0.4) is 0 Å². The molecule has 1 heterocycles. The number of hydrogen-bond donors (Lipinski definition) is 0. The summed E-state index contributed by atoms with van der Waals surface area (Å²) >= 11 is 0. The van der Waals surface area contributed by atoms with Gasteiger partial charge in [-0.15, -0.1) is 0 Å². The smallest absolute Gasteiger partial charge is 0.0950 e. The minimum atomic E-state index is 0.534. The van der Waals surface area contributed by atoms with Gasteiger partial charge in [0.2, 0.25) is 0 Å². The molecule has 0 radical (unpaired) electrons. The molecule has 0 spiro atoms. The van der Waals surface area contributed by atoms with E-state index in [1.807, 2.05) is 18.2 Å². The summed E-state index contributed by atoms with van der Waals surface area (Å²) in [6, 6.07) is 10.9. The zero-order chi connectivity index (χ0) is 18.9. The Bertz CT molecular complexity index is 796. The third kappa shape index (κ3) is 5.43. The fourth-order valence-electron chi connectivity index (χ4n) is 3.17. The molecule has 0 fully saturated rings. The largest absolute Gasteiger partial charge is 0.262 e. The van der Waals surface area contributed by atoms with Gasteiger partial charge in [-0.25, -0.2) is 0 Å². The number of hydrogen-bond acceptors (Lipinski definition) is 2. The van der Waals surface area contributed by atoms with E-state index in [0.717, 1.165) is 30.4 Å². The molecule has 0 N–H and O–H groups in total. The molecule has 0 aromatic heterocycles. The molecule has 0 bridgehead atoms. The summed E-state index contributed by atoms with van der Waals surface area (Å²) < 4.78 is 0. The van der Waals surface area contributed by atoms with E-state index >= 15 is 0 Å². The van der Waals surface area contributed by atoms with Crippen LogP contribution in [0, 0.1) is 17.2 Å². The van der Waals surface area contributed by atoms with Crippen LogP contribution in [-0.4, -0.2) is 5.71 Å². The molecule has 1 atom stereocenters. The van der Waals surface area contributed by atoms with Gasteiger partial charge in [0, 0.05) is 23.4 Å². The van der Waals surface area contributed by atoms with E-state index in [2.05, 4.69) is 57.7 Å². The van der Waals surface area contributed by atoms with E-state index in [9.17, 15) is 5.26 Å². The maximum atomic E-state index is 9.26. The second kappa shape index (κ2) is 9.73. The lowest BCUT2D eigenvalue weighted by Crippen LogP contribution is -2.15. The molecular formula is C24H28N2. The Morgan fingerprint density at radius 1 is 1.27 bits per heavy atom. The lowest BCUT2D eigenvalue weighted by atomic mass is 9.88. The highest BCUT2D eigenvalue weighted by Gasteiger charge is 2.18. The molecule has 0 amide bonds. The van der Waals surface area contributed by atoms with Crippen LogP contribution >= 0.6 is 0 Å². The molecule has 134 valence electrons. The summed E-state index contributed by atoms with van der Waals surface area (Å²) in [4.78, 5) is 4.80. The maximum absolute atomic E-state index is 9.26. The maximum Gasteiger partial charge on any atom is 0.0950 e. The van der Waals surface area contributed by atoms with E-state index in [-0.39, 0.29) is 0 Å². The molecule has 1 aromatic carbocycles. The first-order valence-corrected chi connectivity index (χ1v) is 9.29. The number of nitriles is 1. The van der Waals surface area contributed by atoms with Crippen molar-refractivity contribution in [1.82, 2.24) is 0 Å². The highest BCUT2D eigenvalue weighted by atomic mass is 14.8. The molecule has 26 heavy (non-hydrogen) atoms. The number of rotatable bonds is 7. The summed E-state index contributed by atoms with van der Waals surface area (Å²) in [7, 11) is 0. The highest BCUT2D eigenvalue weighted by Crippen LogP contribution is 2.28. The summed E-state index contributed by atoms with van der Waals surface area (Å²) in [5.74, 6) is 0.534. The van der Waals surface area contributed by atoms with Gasteiger partial charge in [0.15, 0.2) is 0 Å². The van der Waals surface area contributed by atoms with Crippen molar-refractivity contribution in [2.75, 3.05) is 0 Å². The highest BCUT2D eigenvalue weighted by molar-refractivity contribution is 5.86. The lowest BCUT2D eigenvalue weighted by molar-refractivity contribution is 0.700. The van der Waals surface area contributed by atoms with Crippen molar-refractivity contribution in [1.29, 1.82) is 5.26 Å². The minimum Gasteiger partial charge on any atom is -0.262 e. The van der Waals surface area contributed by atoms with Gasteiger partial charge in [-0.2, -0.15) is 5.26 Å². The standard InChI is InChI=1S/C24H28N2/c1-5-7-8-9-22(17-25)15-20-10-12-21(13-11-20)16-23-14-18(3)19(4)26-24(23)6-2/h5,7-13,18H,1,6,14-16H2,2-4H3/b8-7-,22-9+. The van der Waals surface area contributed by atoms with Crippen molar-refractivity contribution in [2.45, 2.75) is 46.5 Å². The van der Waals surface area contributed by atoms with Crippen LogP contribution in [0.15, 0.2) is 77.0 Å². The monoisotopic (exact) mass is 344 g/mol. The van der Waals surface area contributed by atoms with Crippen LogP contribution in [0.4, 0.5) is 0 Å². The Balaban J connectivity index is 2.10. The van der Waals surface area contributed by atoms with Gasteiger partial charge in [0.05, 0.1) is 6.07 Å². The second-order valence-electron chi connectivity index (χ2n) is 6.86. The third-order valence-electron chi connectivity index (χ3n) is 4.84. The van der Waals surface area contributed by atoms with Crippen molar-refractivity contribution < 1.29 is 0 Å². The molecule has 0 aliphatic carbocycles. The average molecular weight is 345 g/mol. The van der Waals surface area contributed by atoms with Gasteiger partial charge in [0.25, 0.3) is 0 Å². The zero-order valence-electron chi connectivity index (χ0n) is 16.1. The van der Waals surface area contributed by atoms with Crippen LogP contribution in [0.1, 0.15) is 44.7 Å². The normalized spacial score (nSPS) is 18.0. The molecule has 1 aromatic rings. The molecule has 1 aliphatic rings. The topological polar surface area (TPSA) is 36.1 Å². The first kappa shape index (κ1) is 19.7. The van der Waals surface area contributed by atoms with Crippen LogP contribution in [-0.2, 0) is 12.8 Å². The van der Waals surface area contributed by atoms with Crippen molar-refractivity contribution in [3.63, 3.8) is 0 Å². The van der Waals surface area contributed by atoms with Gasteiger partial charge in [-0.05, 0) is 54.9 Å². The zero-order valence-corrected chi connectivity index (χ0v) is 16.1. The molecule has 0 saturated carbocycles. The van der Waals surface area contributed by atoms with E-state index in [0.29, 0.717) is 12.3 Å². The molecule has 0 saturated heterocycles. The van der Waals surface area contributed by atoms with Crippen molar-refractivity contribution >= 4 is 5.71 Å².